The van der Waals surface area contributed by atoms with E-state index in [0.717, 1.165) is 38.7 Å². The zero-order valence-corrected chi connectivity index (χ0v) is 19.7. The van der Waals surface area contributed by atoms with Crippen LogP contribution in [0, 0.1) is 5.92 Å². The fourth-order valence-corrected chi connectivity index (χ4v) is 2.79. The smallest absolute Gasteiger partial charge is 0.417 e. The van der Waals surface area contributed by atoms with E-state index >= 15 is 0 Å². The van der Waals surface area contributed by atoms with E-state index < -0.39 is 11.7 Å². The van der Waals surface area contributed by atoms with E-state index in [2.05, 4.69) is 20.6 Å². The van der Waals surface area contributed by atoms with E-state index in [0.29, 0.717) is 37.8 Å². The highest BCUT2D eigenvalue weighted by atomic mass is 127. The van der Waals surface area contributed by atoms with E-state index in [4.69, 9.17) is 25.8 Å². The average Bonchev–Trinajstić information content (AvgIpc) is 3.19. The van der Waals surface area contributed by atoms with Gasteiger partial charge in [-0.05, 0) is 18.9 Å². The lowest BCUT2D eigenvalue weighted by Gasteiger charge is -2.13. The number of aromatic nitrogens is 1. The lowest BCUT2D eigenvalue weighted by Crippen LogP contribution is -2.40. The van der Waals surface area contributed by atoms with Crippen LogP contribution in [0.25, 0.3) is 0 Å². The Bertz CT molecular complexity index is 662. The van der Waals surface area contributed by atoms with Crippen molar-refractivity contribution in [3.05, 3.63) is 22.8 Å². The molecule has 172 valence electrons. The summed E-state index contributed by atoms with van der Waals surface area (Å²) < 4.78 is 54.0. The molecule has 2 heterocycles. The predicted octanol–water partition coefficient (Wildman–Crippen LogP) is 3.36. The summed E-state index contributed by atoms with van der Waals surface area (Å²) in [5, 5.41) is 5.99. The molecule has 1 aliphatic rings. The summed E-state index contributed by atoms with van der Waals surface area (Å²) in [6.45, 7) is 4.20. The molecule has 1 unspecified atom stereocenters. The number of pyridine rings is 1. The van der Waals surface area contributed by atoms with Gasteiger partial charge in [0, 0.05) is 38.9 Å². The lowest BCUT2D eigenvalue weighted by atomic mass is 10.1. The molecule has 1 saturated heterocycles. The number of aliphatic imine (C=N–C) groups is 1. The normalized spacial score (nSPS) is 16.8. The maximum atomic E-state index is 12.6. The van der Waals surface area contributed by atoms with Crippen molar-refractivity contribution in [2.75, 3.05) is 53.2 Å². The molecule has 1 aromatic heterocycles. The molecule has 0 bridgehead atoms. The van der Waals surface area contributed by atoms with Gasteiger partial charge in [0.05, 0.1) is 25.3 Å². The first-order valence-corrected chi connectivity index (χ1v) is 9.73. The molecule has 1 aromatic rings. The predicted molar refractivity (Wildman–Crippen MR) is 119 cm³/mol. The van der Waals surface area contributed by atoms with Crippen molar-refractivity contribution in [3.8, 4) is 5.88 Å². The van der Waals surface area contributed by atoms with Crippen molar-refractivity contribution in [1.29, 1.82) is 0 Å². The molecule has 1 aliphatic heterocycles. The monoisotopic (exact) mass is 566 g/mol. The first-order chi connectivity index (χ1) is 13.9. The molecule has 1 atom stereocenters. The minimum absolute atomic E-state index is 0. The van der Waals surface area contributed by atoms with Crippen molar-refractivity contribution >= 4 is 41.5 Å². The van der Waals surface area contributed by atoms with Gasteiger partial charge in [0.1, 0.15) is 11.6 Å². The van der Waals surface area contributed by atoms with Crippen LogP contribution in [0.4, 0.5) is 13.2 Å². The molecule has 2 N–H and O–H groups in total. The Morgan fingerprint density at radius 1 is 1.33 bits per heavy atom. The molecule has 1 fully saturated rings. The van der Waals surface area contributed by atoms with Gasteiger partial charge < -0.3 is 24.8 Å². The minimum Gasteiger partial charge on any atom is -0.475 e. The molecule has 0 radical (unpaired) electrons. The first-order valence-electron chi connectivity index (χ1n) is 9.35. The van der Waals surface area contributed by atoms with E-state index in [1.807, 2.05) is 0 Å². The molecule has 0 aromatic carbocycles. The fourth-order valence-electron chi connectivity index (χ4n) is 2.57. The number of hydrogen-bond acceptors (Lipinski definition) is 5. The van der Waals surface area contributed by atoms with E-state index in [9.17, 15) is 13.2 Å². The molecule has 12 heteroatoms. The second-order valence-corrected chi connectivity index (χ2v) is 6.85. The van der Waals surface area contributed by atoms with Crippen LogP contribution < -0.4 is 15.4 Å². The quantitative estimate of drug-likeness (QED) is 0.196. The second-order valence-electron chi connectivity index (χ2n) is 6.44. The SMILES string of the molecule is CN=C(NCCCOCC1CCOC1)NCCOc1ncc(C(F)(F)F)cc1Cl.I. The van der Waals surface area contributed by atoms with Gasteiger partial charge in [0.2, 0.25) is 5.88 Å². The van der Waals surface area contributed by atoms with E-state index in [1.54, 1.807) is 7.05 Å². The van der Waals surface area contributed by atoms with Crippen LogP contribution in [0.1, 0.15) is 18.4 Å². The van der Waals surface area contributed by atoms with Gasteiger partial charge in [-0.2, -0.15) is 13.2 Å². The van der Waals surface area contributed by atoms with Crippen molar-refractivity contribution < 1.29 is 27.4 Å². The molecule has 0 saturated carbocycles. The summed E-state index contributed by atoms with van der Waals surface area (Å²) in [5.74, 6) is 1.04. The summed E-state index contributed by atoms with van der Waals surface area (Å²) >= 11 is 5.79. The summed E-state index contributed by atoms with van der Waals surface area (Å²) in [6.07, 6.45) is -1.91. The van der Waals surface area contributed by atoms with Crippen LogP contribution in [0.3, 0.4) is 0 Å². The Kier molecular flexibility index (Phi) is 12.7. The zero-order chi connectivity index (χ0) is 21.1. The summed E-state index contributed by atoms with van der Waals surface area (Å²) in [5.41, 5.74) is -0.918. The van der Waals surface area contributed by atoms with Gasteiger partial charge in [-0.15, -0.1) is 24.0 Å². The topological polar surface area (TPSA) is 77.0 Å². The molecule has 2 rings (SSSR count). The second kappa shape index (κ2) is 14.1. The minimum atomic E-state index is -4.50. The Morgan fingerprint density at radius 2 is 2.10 bits per heavy atom. The van der Waals surface area contributed by atoms with Gasteiger partial charge in [0.25, 0.3) is 0 Å². The number of rotatable bonds is 10. The molecule has 0 spiro atoms. The lowest BCUT2D eigenvalue weighted by molar-refractivity contribution is -0.137. The van der Waals surface area contributed by atoms with Crippen LogP contribution in [0.2, 0.25) is 5.02 Å². The van der Waals surface area contributed by atoms with Gasteiger partial charge >= 0.3 is 6.18 Å². The van der Waals surface area contributed by atoms with Crippen molar-refractivity contribution in [2.24, 2.45) is 10.9 Å². The number of nitrogens with zero attached hydrogens (tertiary/aromatic N) is 2. The third-order valence-corrected chi connectivity index (χ3v) is 4.40. The van der Waals surface area contributed by atoms with Crippen LogP contribution in [-0.2, 0) is 15.7 Å². The standard InChI is InChI=1S/C18H26ClF3N4O3.HI/c1-23-17(24-4-2-6-27-11-13-3-7-28-12-13)25-5-8-29-16-15(19)9-14(10-26-16)18(20,21)22;/h9-10,13H,2-8,11-12H2,1H3,(H2,23,24,25);1H. The maximum Gasteiger partial charge on any atom is 0.417 e. The molecule has 7 nitrogen and oxygen atoms in total. The number of alkyl halides is 3. The van der Waals surface area contributed by atoms with Gasteiger partial charge in [-0.1, -0.05) is 11.6 Å². The van der Waals surface area contributed by atoms with Gasteiger partial charge in [-0.25, -0.2) is 4.98 Å². The Labute approximate surface area is 196 Å². The number of hydrogen-bond donors (Lipinski definition) is 2. The largest absolute Gasteiger partial charge is 0.475 e. The highest BCUT2D eigenvalue weighted by molar-refractivity contribution is 14.0. The number of nitrogens with one attached hydrogen (secondary N) is 2. The first kappa shape index (κ1) is 27.0. The van der Waals surface area contributed by atoms with Crippen LogP contribution in [0.5, 0.6) is 5.88 Å². The van der Waals surface area contributed by atoms with Crippen molar-refractivity contribution in [3.63, 3.8) is 0 Å². The van der Waals surface area contributed by atoms with E-state index in [1.165, 1.54) is 0 Å². The van der Waals surface area contributed by atoms with Gasteiger partial charge in [-0.3, -0.25) is 4.99 Å². The van der Waals surface area contributed by atoms with Crippen molar-refractivity contribution in [1.82, 2.24) is 15.6 Å². The number of halogens is 5. The fraction of sp³-hybridized carbons (Fsp3) is 0.667. The van der Waals surface area contributed by atoms with Crippen molar-refractivity contribution in [2.45, 2.75) is 19.0 Å². The molecule has 30 heavy (non-hydrogen) atoms. The highest BCUT2D eigenvalue weighted by Crippen LogP contribution is 2.32. The third-order valence-electron chi connectivity index (χ3n) is 4.13. The molecular weight excluding hydrogens is 540 g/mol. The van der Waals surface area contributed by atoms with Crippen LogP contribution in [0.15, 0.2) is 17.3 Å². The third kappa shape index (κ3) is 9.84. The zero-order valence-electron chi connectivity index (χ0n) is 16.6. The molecular formula is C18H27ClF3IN4O3. The Morgan fingerprint density at radius 3 is 2.73 bits per heavy atom. The van der Waals surface area contributed by atoms with Gasteiger partial charge in [0.15, 0.2) is 5.96 Å². The van der Waals surface area contributed by atoms with E-state index in [-0.39, 0.29) is 41.5 Å². The molecule has 0 amide bonds. The summed E-state index contributed by atoms with van der Waals surface area (Å²) in [7, 11) is 1.64. The molecule has 0 aliphatic carbocycles. The number of ether oxygens (including phenoxy) is 3. The average molecular weight is 567 g/mol. The van der Waals surface area contributed by atoms with Crippen LogP contribution in [-0.4, -0.2) is 64.1 Å². The summed E-state index contributed by atoms with van der Waals surface area (Å²) in [4.78, 5) is 7.70. The maximum absolute atomic E-state index is 12.6. The van der Waals surface area contributed by atoms with Crippen LogP contribution >= 0.6 is 35.6 Å². The number of guanidine groups is 1. The summed E-state index contributed by atoms with van der Waals surface area (Å²) in [6, 6.07) is 0.791. The Balaban J connectivity index is 0.00000450. The Hall–Kier alpha value is -1.05. The highest BCUT2D eigenvalue weighted by Gasteiger charge is 2.31.